The quantitative estimate of drug-likeness (QED) is 0.520. The van der Waals surface area contributed by atoms with E-state index in [4.69, 9.17) is 17.0 Å². The van der Waals surface area contributed by atoms with Crippen molar-refractivity contribution in [1.29, 1.82) is 0 Å². The first-order chi connectivity index (χ1) is 9.59. The fraction of sp³-hybridized carbons (Fsp3) is 0.462. The van der Waals surface area contributed by atoms with Crippen LogP contribution in [0, 0.1) is 0 Å². The smallest absolute Gasteiger partial charge is 0.175 e. The average Bonchev–Trinajstić information content (AvgIpc) is 2.86. The third kappa shape index (κ3) is 2.17. The van der Waals surface area contributed by atoms with Gasteiger partial charge in [0, 0.05) is 5.69 Å². The summed E-state index contributed by atoms with van der Waals surface area (Å²) in [4.78, 5) is 1.62. The molecular weight excluding hydrogens is 280 g/mol. The molecule has 2 fully saturated rings. The fourth-order valence-corrected chi connectivity index (χ4v) is 3.00. The van der Waals surface area contributed by atoms with Crippen molar-refractivity contribution >= 4 is 23.0 Å². The van der Waals surface area contributed by atoms with Gasteiger partial charge in [-0.3, -0.25) is 0 Å². The molecule has 3 rings (SSSR count). The molecule has 20 heavy (non-hydrogen) atoms. The molecular formula is C13H16N2O4S. The van der Waals surface area contributed by atoms with Crippen LogP contribution < -0.4 is 5.32 Å². The molecule has 0 saturated carbocycles. The maximum Gasteiger partial charge on any atom is 0.175 e. The van der Waals surface area contributed by atoms with Crippen molar-refractivity contribution in [2.45, 2.75) is 30.6 Å². The summed E-state index contributed by atoms with van der Waals surface area (Å²) in [7, 11) is 0. The normalized spacial score (nSPS) is 36.0. The minimum absolute atomic E-state index is 0.219. The summed E-state index contributed by atoms with van der Waals surface area (Å²) >= 11 is 5.33. The van der Waals surface area contributed by atoms with Crippen molar-refractivity contribution in [2.75, 3.05) is 11.9 Å². The molecule has 7 heteroatoms. The molecule has 108 valence electrons. The Balaban J connectivity index is 1.78. The highest BCUT2D eigenvalue weighted by Crippen LogP contribution is 2.32. The lowest BCUT2D eigenvalue weighted by atomic mass is 9.95. The number of hydrogen-bond donors (Lipinski definition) is 4. The number of piperidine rings is 1. The highest BCUT2D eigenvalue weighted by atomic mass is 32.1. The summed E-state index contributed by atoms with van der Waals surface area (Å²) < 4.78 is 5.43. The van der Waals surface area contributed by atoms with Crippen LogP contribution in [0.4, 0.5) is 5.69 Å². The number of para-hydroxylation sites is 1. The second kappa shape index (κ2) is 5.27. The van der Waals surface area contributed by atoms with Crippen molar-refractivity contribution in [3.8, 4) is 0 Å². The molecule has 0 amide bonds. The van der Waals surface area contributed by atoms with Gasteiger partial charge in [-0.05, 0) is 24.4 Å². The molecule has 6 nitrogen and oxygen atoms in total. The average molecular weight is 296 g/mol. The SMILES string of the molecule is O[C@H]1[C@H](O)C2COC([C@@H]1O)N2C(=S)Nc1ccccc1. The van der Waals surface area contributed by atoms with Crippen LogP contribution in [0.5, 0.6) is 0 Å². The Labute approximate surface area is 121 Å². The summed E-state index contributed by atoms with van der Waals surface area (Å²) in [5.41, 5.74) is 0.812. The highest BCUT2D eigenvalue weighted by Gasteiger charge is 2.53. The number of ether oxygens (including phenoxy) is 1. The van der Waals surface area contributed by atoms with E-state index in [1.165, 1.54) is 0 Å². The fourth-order valence-electron chi connectivity index (χ4n) is 2.65. The van der Waals surface area contributed by atoms with Crippen LogP contribution in [0.25, 0.3) is 0 Å². The molecule has 1 aromatic carbocycles. The second-order valence-electron chi connectivity index (χ2n) is 4.97. The van der Waals surface area contributed by atoms with Crippen LogP contribution in [0.15, 0.2) is 30.3 Å². The van der Waals surface area contributed by atoms with Crippen molar-refractivity contribution in [3.05, 3.63) is 30.3 Å². The van der Waals surface area contributed by atoms with Crippen molar-refractivity contribution < 1.29 is 20.1 Å². The molecule has 2 unspecified atom stereocenters. The largest absolute Gasteiger partial charge is 0.388 e. The number of aliphatic hydroxyl groups is 3. The predicted octanol–water partition coefficient (Wildman–Crippen LogP) is -0.493. The summed E-state index contributed by atoms with van der Waals surface area (Å²) in [5.74, 6) is 0. The molecule has 2 aliphatic rings. The minimum Gasteiger partial charge on any atom is -0.388 e. The van der Waals surface area contributed by atoms with Gasteiger partial charge in [0.2, 0.25) is 0 Å². The number of nitrogens with zero attached hydrogens (tertiary/aromatic N) is 1. The van der Waals surface area contributed by atoms with Crippen LogP contribution in [0.3, 0.4) is 0 Å². The molecule has 4 N–H and O–H groups in total. The Hall–Kier alpha value is -1.25. The lowest BCUT2D eigenvalue weighted by Crippen LogP contribution is -2.64. The summed E-state index contributed by atoms with van der Waals surface area (Å²) in [5, 5.41) is 33.1. The Morgan fingerprint density at radius 1 is 1.15 bits per heavy atom. The third-order valence-electron chi connectivity index (χ3n) is 3.71. The molecule has 5 atom stereocenters. The van der Waals surface area contributed by atoms with Gasteiger partial charge in [-0.1, -0.05) is 18.2 Å². The van der Waals surface area contributed by atoms with Gasteiger partial charge in [-0.2, -0.15) is 0 Å². The van der Waals surface area contributed by atoms with Crippen molar-refractivity contribution in [1.82, 2.24) is 4.90 Å². The lowest BCUT2D eigenvalue weighted by Gasteiger charge is -2.42. The Morgan fingerprint density at radius 3 is 2.55 bits per heavy atom. The molecule has 0 radical (unpaired) electrons. The van der Waals surface area contributed by atoms with Gasteiger partial charge in [0.1, 0.15) is 18.3 Å². The number of aliphatic hydroxyl groups excluding tert-OH is 3. The van der Waals surface area contributed by atoms with Crippen LogP contribution in [0.1, 0.15) is 0 Å². The summed E-state index contributed by atoms with van der Waals surface area (Å²) in [6.07, 6.45) is -4.25. The van der Waals surface area contributed by atoms with E-state index >= 15 is 0 Å². The van der Waals surface area contributed by atoms with Gasteiger partial charge in [0.05, 0.1) is 12.6 Å². The summed E-state index contributed by atoms with van der Waals surface area (Å²) in [6, 6.07) is 8.91. The zero-order valence-corrected chi connectivity index (χ0v) is 11.4. The molecule has 2 bridgehead atoms. The standard InChI is InChI=1S/C13H16N2O4S/c16-9-8-6-19-12(11(18)10(9)17)15(8)13(20)14-7-4-2-1-3-5-7/h1-5,8-12,16-18H,6H2,(H,14,20)/t8?,9-,10+,11-,12?/m1/s1. The number of benzene rings is 1. The lowest BCUT2D eigenvalue weighted by molar-refractivity contribution is -0.154. The maximum atomic E-state index is 10.0. The van der Waals surface area contributed by atoms with Crippen molar-refractivity contribution in [3.63, 3.8) is 0 Å². The number of fused-ring (bicyclic) bond motifs is 2. The van der Waals surface area contributed by atoms with Gasteiger partial charge in [0.15, 0.2) is 11.3 Å². The van der Waals surface area contributed by atoms with Crippen LogP contribution in [-0.4, -0.2) is 62.5 Å². The zero-order chi connectivity index (χ0) is 14.3. The monoisotopic (exact) mass is 296 g/mol. The van der Waals surface area contributed by atoms with Crippen LogP contribution >= 0.6 is 12.2 Å². The third-order valence-corrected chi connectivity index (χ3v) is 4.03. The van der Waals surface area contributed by atoms with Gasteiger partial charge in [-0.25, -0.2) is 0 Å². The Morgan fingerprint density at radius 2 is 1.85 bits per heavy atom. The minimum atomic E-state index is -1.22. The molecule has 0 aromatic heterocycles. The van der Waals surface area contributed by atoms with E-state index in [-0.39, 0.29) is 6.61 Å². The van der Waals surface area contributed by atoms with Gasteiger partial charge in [-0.15, -0.1) is 0 Å². The number of anilines is 1. The van der Waals surface area contributed by atoms with Gasteiger partial charge < -0.3 is 30.3 Å². The second-order valence-corrected chi connectivity index (χ2v) is 5.35. The predicted molar refractivity (Wildman–Crippen MR) is 76.1 cm³/mol. The van der Waals surface area contributed by atoms with Crippen LogP contribution in [-0.2, 0) is 4.74 Å². The van der Waals surface area contributed by atoms with Gasteiger partial charge >= 0.3 is 0 Å². The van der Waals surface area contributed by atoms with E-state index in [1.54, 1.807) is 4.90 Å². The summed E-state index contributed by atoms with van der Waals surface area (Å²) in [6.45, 7) is 0.219. The Bertz CT molecular complexity index is 482. The van der Waals surface area contributed by atoms with Gasteiger partial charge in [0.25, 0.3) is 0 Å². The van der Waals surface area contributed by atoms with E-state index < -0.39 is 30.6 Å². The molecule has 0 spiro atoms. The Kier molecular flexibility index (Phi) is 3.61. The van der Waals surface area contributed by atoms with E-state index in [0.717, 1.165) is 5.69 Å². The van der Waals surface area contributed by atoms with E-state index in [9.17, 15) is 15.3 Å². The number of rotatable bonds is 1. The number of nitrogens with one attached hydrogen (secondary N) is 1. The topological polar surface area (TPSA) is 85.2 Å². The maximum absolute atomic E-state index is 10.0. The molecule has 2 aliphatic heterocycles. The zero-order valence-electron chi connectivity index (χ0n) is 10.6. The molecule has 1 aromatic rings. The molecule has 0 aliphatic carbocycles. The van der Waals surface area contributed by atoms with Crippen molar-refractivity contribution in [2.24, 2.45) is 0 Å². The van der Waals surface area contributed by atoms with Crippen LogP contribution in [0.2, 0.25) is 0 Å². The first kappa shape index (κ1) is 13.7. The van der Waals surface area contributed by atoms with E-state index in [1.807, 2.05) is 30.3 Å². The van der Waals surface area contributed by atoms with E-state index in [2.05, 4.69) is 5.32 Å². The van der Waals surface area contributed by atoms with E-state index in [0.29, 0.717) is 5.11 Å². The first-order valence-corrected chi connectivity index (χ1v) is 6.80. The number of hydrogen-bond acceptors (Lipinski definition) is 5. The molecule has 2 heterocycles. The first-order valence-electron chi connectivity index (χ1n) is 6.40. The highest BCUT2D eigenvalue weighted by molar-refractivity contribution is 7.80. The number of thiocarbonyl (C=S) groups is 1. The molecule has 2 saturated heterocycles.